The Morgan fingerprint density at radius 2 is 1.76 bits per heavy atom. The van der Waals surface area contributed by atoms with E-state index in [1.54, 1.807) is 11.3 Å². The second-order valence-corrected chi connectivity index (χ2v) is 4.78. The molecule has 2 nitrogen and oxygen atoms in total. The van der Waals surface area contributed by atoms with Gasteiger partial charge in [0, 0.05) is 18.6 Å². The Morgan fingerprint density at radius 3 is 2.29 bits per heavy atom. The van der Waals surface area contributed by atoms with E-state index in [1.165, 1.54) is 10.7 Å². The van der Waals surface area contributed by atoms with E-state index in [9.17, 15) is 4.79 Å². The summed E-state index contributed by atoms with van der Waals surface area (Å²) in [6, 6.07) is 7.54. The molecule has 0 aliphatic rings. The van der Waals surface area contributed by atoms with Gasteiger partial charge in [-0.3, -0.25) is 4.79 Å². The van der Waals surface area contributed by atoms with Gasteiger partial charge >= 0.3 is 0 Å². The lowest BCUT2D eigenvalue weighted by Crippen LogP contribution is -2.31. The van der Waals surface area contributed by atoms with E-state index in [-0.39, 0.29) is 0 Å². The Labute approximate surface area is 105 Å². The van der Waals surface area contributed by atoms with Crippen LogP contribution >= 0.6 is 11.3 Å². The first-order valence-corrected chi connectivity index (χ1v) is 6.26. The van der Waals surface area contributed by atoms with Gasteiger partial charge < -0.3 is 0 Å². The number of nitrogens with zero attached hydrogens (tertiary/aromatic N) is 1. The number of thiazole rings is 1. The van der Waals surface area contributed by atoms with Crippen molar-refractivity contribution in [2.24, 2.45) is 7.05 Å². The second kappa shape index (κ2) is 5.06. The van der Waals surface area contributed by atoms with Gasteiger partial charge in [-0.1, -0.05) is 35.6 Å². The van der Waals surface area contributed by atoms with E-state index in [1.807, 2.05) is 24.3 Å². The number of rotatable bonds is 3. The van der Waals surface area contributed by atoms with Gasteiger partial charge in [0.25, 0.3) is 5.01 Å². The van der Waals surface area contributed by atoms with Crippen LogP contribution in [0.25, 0.3) is 12.2 Å². The molecule has 17 heavy (non-hydrogen) atoms. The van der Waals surface area contributed by atoms with Gasteiger partial charge in [0.2, 0.25) is 0 Å². The third-order valence-electron chi connectivity index (χ3n) is 2.70. The molecular weight excluding hydrogens is 230 g/mol. The molecule has 1 heterocycles. The van der Waals surface area contributed by atoms with Gasteiger partial charge in [0.05, 0.1) is 5.38 Å². The molecule has 1 aromatic heterocycles. The molecule has 0 saturated heterocycles. The highest BCUT2D eigenvalue weighted by atomic mass is 32.1. The monoisotopic (exact) mass is 244 g/mol. The van der Waals surface area contributed by atoms with Crippen LogP contribution in [0.1, 0.15) is 26.6 Å². The second-order valence-electron chi connectivity index (χ2n) is 3.89. The predicted octanol–water partition coefficient (Wildman–Crippen LogP) is 2.86. The van der Waals surface area contributed by atoms with Crippen LogP contribution in [0.5, 0.6) is 0 Å². The third-order valence-corrected chi connectivity index (χ3v) is 3.81. The Kier molecular flexibility index (Phi) is 3.49. The number of hydrogen-bond donors (Lipinski definition) is 0. The molecule has 3 heteroatoms. The lowest BCUT2D eigenvalue weighted by molar-refractivity contribution is -0.674. The van der Waals surface area contributed by atoms with E-state index in [0.29, 0.717) is 5.56 Å². The minimum atomic E-state index is 0.708. The van der Waals surface area contributed by atoms with Gasteiger partial charge in [-0.15, -0.1) is 0 Å². The van der Waals surface area contributed by atoms with Gasteiger partial charge in [0.15, 0.2) is 5.69 Å². The van der Waals surface area contributed by atoms with Crippen LogP contribution in [0.2, 0.25) is 0 Å². The average molecular weight is 244 g/mol. The van der Waals surface area contributed by atoms with Crippen LogP contribution < -0.4 is 4.57 Å². The minimum Gasteiger partial charge on any atom is -0.298 e. The smallest absolute Gasteiger partial charge is 0.261 e. The fourth-order valence-corrected chi connectivity index (χ4v) is 2.38. The van der Waals surface area contributed by atoms with Crippen molar-refractivity contribution >= 4 is 29.8 Å². The first-order valence-electron chi connectivity index (χ1n) is 5.38. The zero-order valence-electron chi connectivity index (χ0n) is 9.88. The van der Waals surface area contributed by atoms with Crippen LogP contribution in [-0.4, -0.2) is 6.29 Å². The fourth-order valence-electron chi connectivity index (χ4n) is 1.48. The zero-order valence-corrected chi connectivity index (χ0v) is 10.7. The maximum atomic E-state index is 10.5. The molecule has 0 amide bonds. The highest BCUT2D eigenvalue weighted by Gasteiger charge is 2.08. The SMILES string of the molecule is Cc1csc(/C=C/c2ccc(C=O)cc2)[n+]1C. The summed E-state index contributed by atoms with van der Waals surface area (Å²) in [6.07, 6.45) is 5.00. The van der Waals surface area contributed by atoms with Crippen molar-refractivity contribution in [1.29, 1.82) is 0 Å². The third kappa shape index (κ3) is 2.68. The largest absolute Gasteiger partial charge is 0.298 e. The van der Waals surface area contributed by atoms with Gasteiger partial charge in [-0.2, -0.15) is 4.57 Å². The molecule has 0 fully saturated rings. The fraction of sp³-hybridized carbons (Fsp3) is 0.143. The molecule has 0 radical (unpaired) electrons. The van der Waals surface area contributed by atoms with E-state index >= 15 is 0 Å². The molecule has 0 aliphatic carbocycles. The minimum absolute atomic E-state index is 0.708. The van der Waals surface area contributed by atoms with Crippen LogP contribution in [0.4, 0.5) is 0 Å². The van der Waals surface area contributed by atoms with Crippen molar-refractivity contribution in [2.75, 3.05) is 0 Å². The first kappa shape index (κ1) is 11.7. The number of aryl methyl sites for hydroxylation is 1. The topological polar surface area (TPSA) is 20.9 Å². The molecule has 0 aliphatic heterocycles. The van der Waals surface area contributed by atoms with Crippen molar-refractivity contribution < 1.29 is 9.36 Å². The number of benzene rings is 1. The molecule has 1 aromatic carbocycles. The molecular formula is C14H14NOS+. The first-order chi connectivity index (χ1) is 8.20. The number of aldehydes is 1. The van der Waals surface area contributed by atoms with E-state index in [0.717, 1.165) is 11.8 Å². The predicted molar refractivity (Wildman–Crippen MR) is 71.0 cm³/mol. The molecule has 0 atom stereocenters. The molecule has 0 spiro atoms. The lowest BCUT2D eigenvalue weighted by Gasteiger charge is -1.93. The van der Waals surface area contributed by atoms with Crippen LogP contribution in [0.3, 0.4) is 0 Å². The summed E-state index contributed by atoms with van der Waals surface area (Å²) in [5.41, 5.74) is 3.06. The van der Waals surface area contributed by atoms with Crippen molar-refractivity contribution in [1.82, 2.24) is 0 Å². The maximum absolute atomic E-state index is 10.5. The quantitative estimate of drug-likeness (QED) is 0.601. The Hall–Kier alpha value is -1.74. The van der Waals surface area contributed by atoms with Crippen LogP contribution in [0.15, 0.2) is 29.6 Å². The zero-order chi connectivity index (χ0) is 12.3. The maximum Gasteiger partial charge on any atom is 0.261 e. The highest BCUT2D eigenvalue weighted by molar-refractivity contribution is 7.10. The number of carbonyl (C=O) groups is 1. The summed E-state index contributed by atoms with van der Waals surface area (Å²) < 4.78 is 2.15. The van der Waals surface area contributed by atoms with E-state index in [2.05, 4.69) is 36.1 Å². The van der Waals surface area contributed by atoms with Gasteiger partial charge in [-0.05, 0) is 11.6 Å². The molecule has 0 N–H and O–H groups in total. The Balaban J connectivity index is 2.20. The number of aromatic nitrogens is 1. The van der Waals surface area contributed by atoms with Crippen LogP contribution in [-0.2, 0) is 7.05 Å². The Morgan fingerprint density at radius 1 is 1.12 bits per heavy atom. The molecule has 2 rings (SSSR count). The Bertz CT molecular complexity index is 552. The molecule has 0 unspecified atom stereocenters. The van der Waals surface area contributed by atoms with Crippen molar-refractivity contribution in [2.45, 2.75) is 6.92 Å². The standard InChI is InChI=1S/C14H14NOS/c1-11-10-17-14(15(11)2)8-7-12-3-5-13(9-16)6-4-12/h3-10H,1-2H3/q+1/b8-7+. The lowest BCUT2D eigenvalue weighted by atomic mass is 10.1. The summed E-state index contributed by atoms with van der Waals surface area (Å²) in [7, 11) is 2.06. The number of hydrogen-bond acceptors (Lipinski definition) is 2. The van der Waals surface area contributed by atoms with Crippen LogP contribution in [0, 0.1) is 6.92 Å². The summed E-state index contributed by atoms with van der Waals surface area (Å²) in [5, 5.41) is 3.34. The molecule has 86 valence electrons. The van der Waals surface area contributed by atoms with E-state index < -0.39 is 0 Å². The summed E-state index contributed by atoms with van der Waals surface area (Å²) in [5.74, 6) is 0. The van der Waals surface area contributed by atoms with E-state index in [4.69, 9.17) is 0 Å². The average Bonchev–Trinajstić information content (AvgIpc) is 2.68. The summed E-state index contributed by atoms with van der Waals surface area (Å²) >= 11 is 1.72. The van der Waals surface area contributed by atoms with Crippen molar-refractivity contribution in [3.8, 4) is 0 Å². The van der Waals surface area contributed by atoms with Crippen molar-refractivity contribution in [3.63, 3.8) is 0 Å². The molecule has 0 bridgehead atoms. The summed E-state index contributed by atoms with van der Waals surface area (Å²) in [4.78, 5) is 10.5. The normalized spacial score (nSPS) is 10.9. The summed E-state index contributed by atoms with van der Waals surface area (Å²) in [6.45, 7) is 2.09. The number of carbonyl (C=O) groups excluding carboxylic acids is 1. The van der Waals surface area contributed by atoms with Gasteiger partial charge in [-0.25, -0.2) is 0 Å². The van der Waals surface area contributed by atoms with Crippen molar-refractivity contribution in [3.05, 3.63) is 51.5 Å². The highest BCUT2D eigenvalue weighted by Crippen LogP contribution is 2.11. The molecule has 0 saturated carbocycles. The van der Waals surface area contributed by atoms with Gasteiger partial charge in [0.1, 0.15) is 13.3 Å². The molecule has 2 aromatic rings.